The Morgan fingerprint density at radius 3 is 2.54 bits per heavy atom. The Morgan fingerprint density at radius 1 is 1.21 bits per heavy atom. The van der Waals surface area contributed by atoms with Gasteiger partial charge in [-0.2, -0.15) is 0 Å². The minimum Gasteiger partial charge on any atom is -0.339 e. The van der Waals surface area contributed by atoms with Gasteiger partial charge in [-0.3, -0.25) is 19.7 Å². The number of carbonyl (C=O) groups is 2. The highest BCUT2D eigenvalue weighted by atomic mass is 32.1. The van der Waals surface area contributed by atoms with Gasteiger partial charge in [-0.15, -0.1) is 11.3 Å². The number of non-ortho nitro benzene ring substituents is 1. The Labute approximate surface area is 142 Å². The zero-order valence-corrected chi connectivity index (χ0v) is 14.0. The Bertz CT molecular complexity index is 744. The molecule has 0 spiro atoms. The summed E-state index contributed by atoms with van der Waals surface area (Å²) in [5.41, 5.74) is 0.196. The van der Waals surface area contributed by atoms with E-state index in [4.69, 9.17) is 0 Å². The van der Waals surface area contributed by atoms with Gasteiger partial charge in [0.1, 0.15) is 6.04 Å². The first-order chi connectivity index (χ1) is 11.4. The Kier molecular flexibility index (Phi) is 5.64. The lowest BCUT2D eigenvalue weighted by Gasteiger charge is -2.21. The molecule has 0 aliphatic rings. The van der Waals surface area contributed by atoms with E-state index in [0.29, 0.717) is 10.6 Å². The van der Waals surface area contributed by atoms with Crippen LogP contribution in [0.25, 0.3) is 0 Å². The topological polar surface area (TPSA) is 101 Å². The molecule has 2 rings (SSSR count). The second-order valence-electron chi connectivity index (χ2n) is 5.47. The number of anilines is 1. The first-order valence-corrected chi connectivity index (χ1v) is 8.16. The van der Waals surface area contributed by atoms with E-state index in [1.54, 1.807) is 23.6 Å². The van der Waals surface area contributed by atoms with Crippen molar-refractivity contribution in [2.75, 3.05) is 5.32 Å². The number of nitro benzene ring substituents is 1. The van der Waals surface area contributed by atoms with Gasteiger partial charge in [-0.1, -0.05) is 26.0 Å². The summed E-state index contributed by atoms with van der Waals surface area (Å²) in [6, 6.07) is 8.35. The maximum absolute atomic E-state index is 12.4. The van der Waals surface area contributed by atoms with E-state index < -0.39 is 16.9 Å². The Balaban J connectivity index is 2.10. The first-order valence-electron chi connectivity index (χ1n) is 7.28. The van der Waals surface area contributed by atoms with Gasteiger partial charge in [0.15, 0.2) is 0 Å². The maximum Gasteiger partial charge on any atom is 0.271 e. The number of hydrogen-bond donors (Lipinski definition) is 2. The third-order valence-electron chi connectivity index (χ3n) is 3.31. The van der Waals surface area contributed by atoms with Gasteiger partial charge in [0.2, 0.25) is 5.91 Å². The lowest BCUT2D eigenvalue weighted by molar-refractivity contribution is -0.384. The van der Waals surface area contributed by atoms with E-state index in [-0.39, 0.29) is 17.5 Å². The average Bonchev–Trinajstić information content (AvgIpc) is 3.06. The molecule has 1 heterocycles. The lowest BCUT2D eigenvalue weighted by Crippen LogP contribution is -2.46. The largest absolute Gasteiger partial charge is 0.339 e. The number of nitrogens with zero attached hydrogens (tertiary/aromatic N) is 1. The van der Waals surface area contributed by atoms with E-state index in [1.165, 1.54) is 29.5 Å². The van der Waals surface area contributed by atoms with Crippen LogP contribution in [0.4, 0.5) is 11.4 Å². The third-order valence-corrected chi connectivity index (χ3v) is 4.17. The van der Waals surface area contributed by atoms with E-state index in [0.717, 1.165) is 0 Å². The van der Waals surface area contributed by atoms with Crippen molar-refractivity contribution >= 4 is 34.5 Å². The minimum atomic E-state index is -0.751. The molecule has 0 radical (unpaired) electrons. The van der Waals surface area contributed by atoms with Crippen LogP contribution in [0.2, 0.25) is 0 Å². The van der Waals surface area contributed by atoms with Crippen LogP contribution >= 0.6 is 11.3 Å². The number of carbonyl (C=O) groups excluding carboxylic acids is 2. The van der Waals surface area contributed by atoms with Gasteiger partial charge in [0.25, 0.3) is 11.6 Å². The van der Waals surface area contributed by atoms with Crippen molar-refractivity contribution in [2.24, 2.45) is 5.92 Å². The summed E-state index contributed by atoms with van der Waals surface area (Å²) in [5, 5.41) is 17.9. The molecule has 2 N–H and O–H groups in total. The van der Waals surface area contributed by atoms with Crippen molar-refractivity contribution < 1.29 is 14.5 Å². The maximum atomic E-state index is 12.4. The summed E-state index contributed by atoms with van der Waals surface area (Å²) < 4.78 is 0. The molecule has 1 aromatic heterocycles. The number of benzene rings is 1. The van der Waals surface area contributed by atoms with E-state index >= 15 is 0 Å². The van der Waals surface area contributed by atoms with Crippen LogP contribution in [0.3, 0.4) is 0 Å². The predicted molar refractivity (Wildman–Crippen MR) is 92.1 cm³/mol. The minimum absolute atomic E-state index is 0.114. The molecule has 0 aliphatic carbocycles. The van der Waals surface area contributed by atoms with Crippen LogP contribution in [-0.4, -0.2) is 22.8 Å². The molecular formula is C16H17N3O4S. The summed E-state index contributed by atoms with van der Waals surface area (Å²) in [6.45, 7) is 3.62. The molecule has 2 aromatic rings. The molecule has 24 heavy (non-hydrogen) atoms. The van der Waals surface area contributed by atoms with Crippen molar-refractivity contribution in [1.29, 1.82) is 0 Å². The zero-order valence-electron chi connectivity index (χ0n) is 13.2. The van der Waals surface area contributed by atoms with Crippen LogP contribution in [0.15, 0.2) is 41.8 Å². The average molecular weight is 347 g/mol. The highest BCUT2D eigenvalue weighted by molar-refractivity contribution is 7.12. The monoisotopic (exact) mass is 347 g/mol. The molecule has 0 saturated carbocycles. The molecule has 1 atom stereocenters. The molecule has 0 unspecified atom stereocenters. The van der Waals surface area contributed by atoms with Gasteiger partial charge in [0, 0.05) is 17.8 Å². The summed E-state index contributed by atoms with van der Waals surface area (Å²) in [6.07, 6.45) is 0. The lowest BCUT2D eigenvalue weighted by atomic mass is 10.0. The second-order valence-corrected chi connectivity index (χ2v) is 6.42. The van der Waals surface area contributed by atoms with Crippen molar-refractivity contribution in [1.82, 2.24) is 5.32 Å². The number of thiophene rings is 1. The smallest absolute Gasteiger partial charge is 0.271 e. The summed E-state index contributed by atoms with van der Waals surface area (Å²) in [4.78, 5) is 35.4. The predicted octanol–water partition coefficient (Wildman–Crippen LogP) is 3.05. The fraction of sp³-hybridized carbons (Fsp3) is 0.250. The highest BCUT2D eigenvalue weighted by Crippen LogP contribution is 2.18. The Morgan fingerprint density at radius 2 is 1.96 bits per heavy atom. The van der Waals surface area contributed by atoms with Crippen LogP contribution in [0, 0.1) is 16.0 Å². The molecule has 0 fully saturated rings. The van der Waals surface area contributed by atoms with Crippen LogP contribution in [-0.2, 0) is 4.79 Å². The molecule has 7 nitrogen and oxygen atoms in total. The molecule has 8 heteroatoms. The number of amides is 2. The first kappa shape index (κ1) is 17.6. The molecule has 0 saturated heterocycles. The van der Waals surface area contributed by atoms with Crippen molar-refractivity contribution in [3.05, 3.63) is 56.8 Å². The van der Waals surface area contributed by atoms with Crippen molar-refractivity contribution in [3.8, 4) is 0 Å². The number of rotatable bonds is 6. The quantitative estimate of drug-likeness (QED) is 0.619. The fourth-order valence-electron chi connectivity index (χ4n) is 2.07. The number of nitrogens with one attached hydrogen (secondary N) is 2. The van der Waals surface area contributed by atoms with Crippen LogP contribution in [0.1, 0.15) is 23.5 Å². The zero-order chi connectivity index (χ0) is 17.7. The van der Waals surface area contributed by atoms with Gasteiger partial charge in [0.05, 0.1) is 9.80 Å². The molecule has 2 amide bonds. The van der Waals surface area contributed by atoms with Crippen molar-refractivity contribution in [3.63, 3.8) is 0 Å². The fourth-order valence-corrected chi connectivity index (χ4v) is 2.70. The third kappa shape index (κ3) is 4.39. The SMILES string of the molecule is CC(C)[C@H](NC(=O)c1cccs1)C(=O)Nc1cccc([N+](=O)[O-])c1. The molecule has 126 valence electrons. The summed E-state index contributed by atoms with van der Waals surface area (Å²) in [7, 11) is 0. The number of nitro groups is 1. The highest BCUT2D eigenvalue weighted by Gasteiger charge is 2.25. The van der Waals surface area contributed by atoms with E-state index in [9.17, 15) is 19.7 Å². The number of hydrogen-bond acceptors (Lipinski definition) is 5. The van der Waals surface area contributed by atoms with Gasteiger partial charge >= 0.3 is 0 Å². The standard InChI is InChI=1S/C16H17N3O4S/c1-10(2)14(18-15(20)13-7-4-8-24-13)16(21)17-11-5-3-6-12(9-11)19(22)23/h3-10,14H,1-2H3,(H,17,21)(H,18,20)/t14-/m0/s1. The van der Waals surface area contributed by atoms with E-state index in [1.807, 2.05) is 13.8 Å². The molecule has 1 aromatic carbocycles. The normalized spacial score (nSPS) is 11.8. The molecule has 0 aliphatic heterocycles. The molecular weight excluding hydrogens is 330 g/mol. The van der Waals surface area contributed by atoms with E-state index in [2.05, 4.69) is 10.6 Å². The van der Waals surface area contributed by atoms with Gasteiger partial charge in [-0.25, -0.2) is 0 Å². The van der Waals surface area contributed by atoms with Gasteiger partial charge < -0.3 is 10.6 Å². The van der Waals surface area contributed by atoms with Crippen LogP contribution in [0.5, 0.6) is 0 Å². The van der Waals surface area contributed by atoms with Crippen molar-refractivity contribution in [2.45, 2.75) is 19.9 Å². The summed E-state index contributed by atoms with van der Waals surface area (Å²) in [5.74, 6) is -0.888. The molecule has 0 bridgehead atoms. The van der Waals surface area contributed by atoms with Crippen LogP contribution < -0.4 is 10.6 Å². The van der Waals surface area contributed by atoms with Gasteiger partial charge in [-0.05, 0) is 23.4 Å². The Hall–Kier alpha value is -2.74. The second kappa shape index (κ2) is 7.69. The summed E-state index contributed by atoms with van der Waals surface area (Å²) >= 11 is 1.29.